The first kappa shape index (κ1) is 11.8. The highest BCUT2D eigenvalue weighted by Gasteiger charge is 2.34. The van der Waals surface area contributed by atoms with E-state index in [0.717, 1.165) is 0 Å². The van der Waals surface area contributed by atoms with Crippen LogP contribution in [0.25, 0.3) is 0 Å². The highest BCUT2D eigenvalue weighted by molar-refractivity contribution is 6.49. The van der Waals surface area contributed by atoms with Gasteiger partial charge in [-0.25, -0.2) is 0 Å². The Bertz CT molecular complexity index is 547. The summed E-state index contributed by atoms with van der Waals surface area (Å²) in [6.07, 6.45) is 0.0277. The monoisotopic (exact) mass is 256 g/mol. The number of allylic oxidation sites excluding steroid dienone is 2. The van der Waals surface area contributed by atoms with Crippen molar-refractivity contribution < 1.29 is 19.8 Å². The summed E-state index contributed by atoms with van der Waals surface area (Å²) in [5.74, 6) is -1.23. The molecule has 7 heteroatoms. The Morgan fingerprint density at radius 3 is 2.65 bits per heavy atom. The van der Waals surface area contributed by atoms with E-state index in [1.54, 1.807) is 0 Å². The second kappa shape index (κ2) is 3.99. The molecule has 1 aliphatic rings. The van der Waals surface area contributed by atoms with Crippen LogP contribution >= 0.6 is 11.6 Å². The molecule has 1 aromatic heterocycles. The topological polar surface area (TPSA) is 116 Å². The molecule has 0 bridgehead atoms. The number of nitrogens with two attached hydrogens (primary N) is 1. The van der Waals surface area contributed by atoms with Gasteiger partial charge in [0, 0.05) is 11.8 Å². The summed E-state index contributed by atoms with van der Waals surface area (Å²) < 4.78 is 0. The zero-order valence-corrected chi connectivity index (χ0v) is 9.28. The van der Waals surface area contributed by atoms with E-state index >= 15 is 0 Å². The first-order chi connectivity index (χ1) is 7.99. The molecule has 1 heterocycles. The number of carbonyl (C=O) groups is 2. The zero-order chi connectivity index (χ0) is 12.7. The van der Waals surface area contributed by atoms with E-state index in [1.807, 2.05) is 0 Å². The predicted molar refractivity (Wildman–Crippen MR) is 58.6 cm³/mol. The minimum absolute atomic E-state index is 0.0144. The molecule has 1 aromatic rings. The molecule has 1 aliphatic carbocycles. The first-order valence-corrected chi connectivity index (χ1v) is 5.11. The second-order valence-electron chi connectivity index (χ2n) is 3.58. The lowest BCUT2D eigenvalue weighted by atomic mass is 9.94. The molecule has 1 atom stereocenters. The van der Waals surface area contributed by atoms with Crippen molar-refractivity contribution >= 4 is 23.2 Å². The van der Waals surface area contributed by atoms with E-state index in [-0.39, 0.29) is 27.6 Å². The van der Waals surface area contributed by atoms with Crippen LogP contribution in [0.3, 0.4) is 0 Å². The molecule has 0 aliphatic heterocycles. The molecule has 5 N–H and O–H groups in total. The summed E-state index contributed by atoms with van der Waals surface area (Å²) >= 11 is 5.64. The molecular formula is C10H9ClN2O4. The number of nitrogens with one attached hydrogen (secondary N) is 1. The van der Waals surface area contributed by atoms with Gasteiger partial charge in [-0.05, 0) is 0 Å². The van der Waals surface area contributed by atoms with Gasteiger partial charge >= 0.3 is 0 Å². The van der Waals surface area contributed by atoms with Crippen LogP contribution in [0.4, 0.5) is 0 Å². The Hall–Kier alpha value is -1.63. The number of H-pyrrole nitrogens is 1. The van der Waals surface area contributed by atoms with Crippen molar-refractivity contribution in [2.45, 2.75) is 6.10 Å². The van der Waals surface area contributed by atoms with Crippen LogP contribution in [0.15, 0.2) is 16.9 Å². The lowest BCUT2D eigenvalue weighted by molar-refractivity contribution is 0.0910. The molecule has 0 amide bonds. The average molecular weight is 257 g/mol. The zero-order valence-electron chi connectivity index (χ0n) is 8.53. The molecule has 0 aromatic carbocycles. The van der Waals surface area contributed by atoms with Gasteiger partial charge < -0.3 is 20.9 Å². The number of hydrogen-bond donors (Lipinski definition) is 4. The van der Waals surface area contributed by atoms with Gasteiger partial charge in [-0.15, -0.1) is 0 Å². The van der Waals surface area contributed by atoms with E-state index in [0.29, 0.717) is 0 Å². The Labute approximate surface area is 101 Å². The molecule has 17 heavy (non-hydrogen) atoms. The minimum Gasteiger partial charge on any atom is -0.394 e. The van der Waals surface area contributed by atoms with Gasteiger partial charge in [-0.2, -0.15) is 0 Å². The maximum atomic E-state index is 11.8. The number of aromatic nitrogens is 1. The number of aliphatic hydroxyl groups is 2. The highest BCUT2D eigenvalue weighted by atomic mass is 35.5. The molecule has 90 valence electrons. The van der Waals surface area contributed by atoms with Crippen molar-refractivity contribution in [2.75, 3.05) is 6.61 Å². The maximum absolute atomic E-state index is 11.8. The van der Waals surface area contributed by atoms with Crippen molar-refractivity contribution in [1.29, 1.82) is 0 Å². The number of aromatic amines is 1. The number of Topliss-reactive ketones (excluding diaryl/α,β-unsaturated/α-hetero) is 2. The van der Waals surface area contributed by atoms with E-state index in [1.165, 1.54) is 6.20 Å². The van der Waals surface area contributed by atoms with Crippen LogP contribution < -0.4 is 5.73 Å². The molecule has 0 spiro atoms. The Balaban J connectivity index is 2.63. The van der Waals surface area contributed by atoms with Crippen LogP contribution in [0, 0.1) is 0 Å². The van der Waals surface area contributed by atoms with E-state index < -0.39 is 24.3 Å². The second-order valence-corrected chi connectivity index (χ2v) is 3.96. The largest absolute Gasteiger partial charge is 0.394 e. The number of ketones is 2. The highest BCUT2D eigenvalue weighted by Crippen LogP contribution is 2.31. The van der Waals surface area contributed by atoms with Gasteiger partial charge in [0.15, 0.2) is 0 Å². The lowest BCUT2D eigenvalue weighted by Crippen LogP contribution is -2.25. The molecule has 0 saturated carbocycles. The normalized spacial score (nSPS) is 17.4. The molecule has 0 saturated heterocycles. The number of fused-ring (bicyclic) bond motifs is 1. The number of rotatable bonds is 2. The lowest BCUT2D eigenvalue weighted by Gasteiger charge is -2.14. The van der Waals surface area contributed by atoms with Crippen molar-refractivity contribution in [3.05, 3.63) is 33.7 Å². The summed E-state index contributed by atoms with van der Waals surface area (Å²) in [6, 6.07) is 0. The summed E-state index contributed by atoms with van der Waals surface area (Å²) in [7, 11) is 0. The third kappa shape index (κ3) is 1.57. The summed E-state index contributed by atoms with van der Waals surface area (Å²) in [5.41, 5.74) is 5.15. The molecule has 1 unspecified atom stereocenters. The van der Waals surface area contributed by atoms with Gasteiger partial charge in [0.25, 0.3) is 0 Å². The van der Waals surface area contributed by atoms with Crippen molar-refractivity contribution in [3.8, 4) is 0 Å². The number of carbonyl (C=O) groups excluding carboxylic acids is 2. The van der Waals surface area contributed by atoms with Crippen LogP contribution in [-0.4, -0.2) is 33.4 Å². The fraction of sp³-hybridized carbons (Fsp3) is 0.200. The van der Waals surface area contributed by atoms with Crippen LogP contribution in [0.2, 0.25) is 0 Å². The predicted octanol–water partition coefficient (Wildman–Crippen LogP) is -0.171. The SMILES string of the molecule is NC1=C(Cl)C(=O)c2c(C(O)CO)c[nH]c2C1=O. The summed E-state index contributed by atoms with van der Waals surface area (Å²) in [6.45, 7) is -0.567. The third-order valence-electron chi connectivity index (χ3n) is 2.58. The number of hydrogen-bond acceptors (Lipinski definition) is 5. The Morgan fingerprint density at radius 2 is 2.06 bits per heavy atom. The molecule has 6 nitrogen and oxygen atoms in total. The summed E-state index contributed by atoms with van der Waals surface area (Å²) in [4.78, 5) is 26.1. The van der Waals surface area contributed by atoms with E-state index in [2.05, 4.69) is 4.98 Å². The minimum atomic E-state index is -1.25. The Morgan fingerprint density at radius 1 is 1.41 bits per heavy atom. The molecule has 0 fully saturated rings. The number of halogens is 1. The maximum Gasteiger partial charge on any atom is 0.227 e. The quantitative estimate of drug-likeness (QED) is 0.586. The van der Waals surface area contributed by atoms with Crippen LogP contribution in [0.1, 0.15) is 32.5 Å². The fourth-order valence-corrected chi connectivity index (χ4v) is 1.87. The van der Waals surface area contributed by atoms with Crippen molar-refractivity contribution in [1.82, 2.24) is 4.98 Å². The van der Waals surface area contributed by atoms with Crippen molar-refractivity contribution in [2.24, 2.45) is 5.73 Å². The first-order valence-electron chi connectivity index (χ1n) is 4.73. The summed E-state index contributed by atoms with van der Waals surface area (Å²) in [5, 5.41) is 18.0. The van der Waals surface area contributed by atoms with Gasteiger partial charge in [0.1, 0.15) is 22.5 Å². The van der Waals surface area contributed by atoms with E-state index in [9.17, 15) is 14.7 Å². The van der Waals surface area contributed by atoms with Gasteiger partial charge in [-0.1, -0.05) is 11.6 Å². The molecule has 0 radical (unpaired) electrons. The van der Waals surface area contributed by atoms with Gasteiger partial charge in [-0.3, -0.25) is 9.59 Å². The molecular weight excluding hydrogens is 248 g/mol. The van der Waals surface area contributed by atoms with E-state index in [4.69, 9.17) is 22.4 Å². The fourth-order valence-electron chi connectivity index (χ4n) is 1.69. The smallest absolute Gasteiger partial charge is 0.227 e. The Kier molecular flexibility index (Phi) is 2.78. The van der Waals surface area contributed by atoms with Crippen LogP contribution in [-0.2, 0) is 0 Å². The van der Waals surface area contributed by atoms with Gasteiger partial charge in [0.05, 0.1) is 12.2 Å². The standard InChI is InChI=1S/C10H9ClN2O4/c11-6-7(12)10(17)8-5(9(6)16)3(1-13-8)4(15)2-14/h1,4,13-15H,2,12H2. The van der Waals surface area contributed by atoms with Gasteiger partial charge in [0.2, 0.25) is 11.6 Å². The van der Waals surface area contributed by atoms with Crippen LogP contribution in [0.5, 0.6) is 0 Å². The van der Waals surface area contributed by atoms with Crippen molar-refractivity contribution in [3.63, 3.8) is 0 Å². The average Bonchev–Trinajstić information content (AvgIpc) is 2.77. The molecule has 2 rings (SSSR count). The third-order valence-corrected chi connectivity index (χ3v) is 2.95. The number of aliphatic hydroxyl groups excluding tert-OH is 2.